The van der Waals surface area contributed by atoms with Gasteiger partial charge in [-0.3, -0.25) is 0 Å². The van der Waals surface area contributed by atoms with E-state index >= 15 is 0 Å². The van der Waals surface area contributed by atoms with E-state index in [1.165, 1.54) is 25.1 Å². The summed E-state index contributed by atoms with van der Waals surface area (Å²) in [6.45, 7) is 4.72. The van der Waals surface area contributed by atoms with E-state index in [4.69, 9.17) is 0 Å². The first-order chi connectivity index (χ1) is 6.86. The van der Waals surface area contributed by atoms with Crippen LogP contribution in [-0.2, 0) is 0 Å². The summed E-state index contributed by atoms with van der Waals surface area (Å²) in [6, 6.07) is 0. The molecular weight excluding hydrogens is 170 g/mol. The highest BCUT2D eigenvalue weighted by atomic mass is 14.9. The van der Waals surface area contributed by atoms with Crippen molar-refractivity contribution in [3.8, 4) is 0 Å². The van der Waals surface area contributed by atoms with Crippen LogP contribution in [0.5, 0.6) is 0 Å². The van der Waals surface area contributed by atoms with Gasteiger partial charge in [0.15, 0.2) is 0 Å². The van der Waals surface area contributed by atoms with Crippen LogP contribution < -0.4 is 5.32 Å². The van der Waals surface area contributed by atoms with Gasteiger partial charge in [0, 0.05) is 0 Å². The summed E-state index contributed by atoms with van der Waals surface area (Å²) < 4.78 is 0. The van der Waals surface area contributed by atoms with Crippen molar-refractivity contribution in [3.05, 3.63) is 36.0 Å². The van der Waals surface area contributed by atoms with Crippen LogP contribution in [0.15, 0.2) is 36.0 Å². The van der Waals surface area contributed by atoms with E-state index in [2.05, 4.69) is 42.6 Å². The topological polar surface area (TPSA) is 12.0 Å². The Balaban J connectivity index is 0.000000110. The van der Waals surface area contributed by atoms with E-state index in [9.17, 15) is 0 Å². The van der Waals surface area contributed by atoms with Crippen molar-refractivity contribution in [2.75, 3.05) is 13.1 Å². The van der Waals surface area contributed by atoms with Gasteiger partial charge in [-0.05, 0) is 44.7 Å². The summed E-state index contributed by atoms with van der Waals surface area (Å²) in [5, 5.41) is 3.32. The second-order valence-electron chi connectivity index (χ2n) is 4.39. The number of nitrogens with one attached hydrogen (secondary N) is 1. The summed E-state index contributed by atoms with van der Waals surface area (Å²) >= 11 is 0. The van der Waals surface area contributed by atoms with Crippen LogP contribution in [0.4, 0.5) is 0 Å². The molecule has 2 fully saturated rings. The fraction of sp³-hybridized carbons (Fsp3) is 0.538. The van der Waals surface area contributed by atoms with Crippen LogP contribution in [0.25, 0.3) is 0 Å². The first kappa shape index (κ1) is 9.72. The average molecular weight is 189 g/mol. The first-order valence-electron chi connectivity index (χ1n) is 5.57. The van der Waals surface area contributed by atoms with E-state index in [0.717, 1.165) is 18.3 Å². The third-order valence-electron chi connectivity index (χ3n) is 3.03. The molecule has 0 radical (unpaired) electrons. The molecule has 1 aliphatic heterocycles. The maximum absolute atomic E-state index is 3.32. The molecule has 1 saturated heterocycles. The van der Waals surface area contributed by atoms with Gasteiger partial charge >= 0.3 is 0 Å². The number of hydrogen-bond donors (Lipinski definition) is 1. The number of rotatable bonds is 0. The lowest BCUT2D eigenvalue weighted by Crippen LogP contribution is -2.10. The zero-order valence-electron chi connectivity index (χ0n) is 8.87. The Labute approximate surface area is 86.6 Å². The van der Waals surface area contributed by atoms with E-state index in [-0.39, 0.29) is 0 Å². The fourth-order valence-electron chi connectivity index (χ4n) is 1.95. The molecule has 3 rings (SSSR count). The molecule has 0 aromatic heterocycles. The van der Waals surface area contributed by atoms with Gasteiger partial charge in [-0.2, -0.15) is 0 Å². The molecule has 1 saturated carbocycles. The Kier molecular flexibility index (Phi) is 3.20. The largest absolute Gasteiger partial charge is 0.316 e. The average Bonchev–Trinajstić information content (AvgIpc) is 2.88. The van der Waals surface area contributed by atoms with Crippen molar-refractivity contribution < 1.29 is 0 Å². The molecule has 0 bridgehead atoms. The molecule has 14 heavy (non-hydrogen) atoms. The van der Waals surface area contributed by atoms with Gasteiger partial charge in [-0.15, -0.1) is 0 Å². The summed E-state index contributed by atoms with van der Waals surface area (Å²) in [7, 11) is 0. The van der Waals surface area contributed by atoms with Crippen LogP contribution >= 0.6 is 0 Å². The number of hydrogen-bond acceptors (Lipinski definition) is 1. The quantitative estimate of drug-likeness (QED) is 0.618. The molecule has 2 unspecified atom stereocenters. The Morgan fingerprint density at radius 1 is 1.21 bits per heavy atom. The maximum atomic E-state index is 3.32. The number of allylic oxidation sites excluding steroid dienone is 6. The Morgan fingerprint density at radius 3 is 2.57 bits per heavy atom. The van der Waals surface area contributed by atoms with Crippen molar-refractivity contribution in [1.82, 2.24) is 5.32 Å². The van der Waals surface area contributed by atoms with Crippen molar-refractivity contribution >= 4 is 0 Å². The number of piperidine rings is 1. The SMILES string of the molecule is C1NCC2CC12.CC1=CC=CCC=C1. The molecule has 0 aromatic rings. The highest BCUT2D eigenvalue weighted by molar-refractivity contribution is 5.24. The van der Waals surface area contributed by atoms with Crippen LogP contribution in [-0.4, -0.2) is 13.1 Å². The lowest BCUT2D eigenvalue weighted by Gasteiger charge is -1.87. The van der Waals surface area contributed by atoms with Crippen LogP contribution in [0.2, 0.25) is 0 Å². The minimum absolute atomic E-state index is 1.08. The lowest BCUT2D eigenvalue weighted by atomic mass is 10.3. The monoisotopic (exact) mass is 189 g/mol. The molecule has 0 aromatic carbocycles. The summed E-state index contributed by atoms with van der Waals surface area (Å²) in [5.74, 6) is 2.20. The molecule has 0 spiro atoms. The van der Waals surface area contributed by atoms with Crippen LogP contribution in [0, 0.1) is 11.8 Å². The minimum atomic E-state index is 1.08. The van der Waals surface area contributed by atoms with Crippen molar-refractivity contribution in [1.29, 1.82) is 0 Å². The van der Waals surface area contributed by atoms with E-state index in [1.807, 2.05) is 0 Å². The maximum Gasteiger partial charge on any atom is -0.00172 e. The van der Waals surface area contributed by atoms with Crippen molar-refractivity contribution in [2.45, 2.75) is 19.8 Å². The second-order valence-corrected chi connectivity index (χ2v) is 4.39. The summed E-state index contributed by atoms with van der Waals surface area (Å²) in [6.07, 6.45) is 13.3. The third kappa shape index (κ3) is 2.85. The Hall–Kier alpha value is -0.820. The molecule has 2 atom stereocenters. The fourth-order valence-corrected chi connectivity index (χ4v) is 1.95. The van der Waals surface area contributed by atoms with Gasteiger partial charge in [-0.1, -0.05) is 36.0 Å². The molecule has 3 aliphatic rings. The molecule has 1 nitrogen and oxygen atoms in total. The van der Waals surface area contributed by atoms with Crippen molar-refractivity contribution in [3.63, 3.8) is 0 Å². The van der Waals surface area contributed by atoms with Crippen molar-refractivity contribution in [2.24, 2.45) is 11.8 Å². The molecule has 0 amide bonds. The molecule has 1 heterocycles. The smallest absolute Gasteiger partial charge is 0.00172 e. The minimum Gasteiger partial charge on any atom is -0.316 e. The predicted molar refractivity (Wildman–Crippen MR) is 61.1 cm³/mol. The predicted octanol–water partition coefficient (Wildman–Crippen LogP) is 2.67. The Bertz CT molecular complexity index is 265. The molecule has 76 valence electrons. The van der Waals surface area contributed by atoms with Gasteiger partial charge in [0.2, 0.25) is 0 Å². The van der Waals surface area contributed by atoms with Gasteiger partial charge < -0.3 is 5.32 Å². The van der Waals surface area contributed by atoms with Crippen LogP contribution in [0.3, 0.4) is 0 Å². The van der Waals surface area contributed by atoms with Crippen LogP contribution in [0.1, 0.15) is 19.8 Å². The second kappa shape index (κ2) is 4.61. The first-order valence-corrected chi connectivity index (χ1v) is 5.57. The van der Waals surface area contributed by atoms with Gasteiger partial charge in [0.1, 0.15) is 0 Å². The van der Waals surface area contributed by atoms with Gasteiger partial charge in [-0.25, -0.2) is 0 Å². The number of fused-ring (bicyclic) bond motifs is 1. The zero-order valence-corrected chi connectivity index (χ0v) is 8.87. The highest BCUT2D eigenvalue weighted by Gasteiger charge is 2.40. The van der Waals surface area contributed by atoms with E-state index < -0.39 is 0 Å². The Morgan fingerprint density at radius 2 is 2.00 bits per heavy atom. The summed E-state index contributed by atoms with van der Waals surface area (Å²) in [5.41, 5.74) is 1.33. The summed E-state index contributed by atoms with van der Waals surface area (Å²) in [4.78, 5) is 0. The van der Waals surface area contributed by atoms with Gasteiger partial charge in [0.05, 0.1) is 0 Å². The third-order valence-corrected chi connectivity index (χ3v) is 3.03. The zero-order chi connectivity index (χ0) is 9.80. The van der Waals surface area contributed by atoms with Gasteiger partial charge in [0.25, 0.3) is 0 Å². The van der Waals surface area contributed by atoms with E-state index in [1.54, 1.807) is 0 Å². The molecule has 1 heteroatoms. The van der Waals surface area contributed by atoms with E-state index in [0.29, 0.717) is 0 Å². The molecule has 1 N–H and O–H groups in total. The lowest BCUT2D eigenvalue weighted by molar-refractivity contribution is 0.732. The highest BCUT2D eigenvalue weighted by Crippen LogP contribution is 2.40. The normalized spacial score (nSPS) is 32.5. The molecular formula is C13H19N. The molecule has 2 aliphatic carbocycles. The standard InChI is InChI=1S/C8H10.C5H9N/c1-8-6-4-2-3-5-7-8;1-4-2-6-3-5(1)4/h2,4-7H,3H2,1H3;4-6H,1-3H2.